The van der Waals surface area contributed by atoms with Gasteiger partial charge in [-0.3, -0.25) is 0 Å². The fraction of sp³-hybridized carbons (Fsp3) is 0.979. The van der Waals surface area contributed by atoms with Gasteiger partial charge >= 0.3 is 10.2 Å². The third kappa shape index (κ3) is 14.3. The zero-order valence-electron chi connectivity index (χ0n) is 46.1. The van der Waals surface area contributed by atoms with E-state index in [2.05, 4.69) is 9.12 Å². The van der Waals surface area contributed by atoms with E-state index in [1.807, 2.05) is 0 Å². The molecule has 39 nitrogen and oxygen atoms in total. The summed E-state index contributed by atoms with van der Waals surface area (Å²) in [5.41, 5.74) is 0. The molecule has 21 N–H and O–H groups in total. The molecule has 22 saturated heterocycles. The van der Waals surface area contributed by atoms with Gasteiger partial charge in [0.1, 0.15) is 177 Å². The minimum atomic E-state index is -4.64. The SMILES string of the molecule is CN1CCC/C1=N\S(=O)(=O)NC[C@H]1O[C@@H]2O[C@H]3[C@H](O)[C@@H](O)[C@@H](O[C@H]4[C@H](O)[C@@H](O)[C@@H](O[C@H]5[C@H](O)[C@@H](O)[C@@H](O[C@H]6[C@H](O)[C@@H](O)[C@@H](O[C@H]7[C@H](O)[C@@H](O)[C@@H](O[C@H]8[C@H](O)[C@@H](O)[C@@H](O[C@H]1[C@H](O)[C@H]2O)O[C@@H]8CO)O[C@@H]7CO)O[C@@H]6CO)O[C@@H]5CO)O[C@@H]4CO)O[C@@H]3CO. The van der Waals surface area contributed by atoms with E-state index in [1.54, 1.807) is 11.9 Å². The van der Waals surface area contributed by atoms with Crippen molar-refractivity contribution in [1.82, 2.24) is 9.62 Å². The zero-order chi connectivity index (χ0) is 63.2. The highest BCUT2D eigenvalue weighted by Crippen LogP contribution is 2.39. The standard InChI is InChI=1S/C47H79N3O36S/c1-50-4-2-3-19(50)49-87(71,72)48-5-12-34-20(57)27(64)41(73-12)81-35-13(6-51)75-43(29(66)22(35)59)83-37-15(8-53)77-45(31(68)24(37)61)85-39-17(10-55)79-47(33(70)26(39)63)86-40-18(11-56)78-46(32(69)25(40)62)84-38-16(9-54)76-44(30(67)23(38)60)82-36-14(7-52)74-42(80-34)28(65)21(36)58/h12-18,20-48,51-70H,2-11H2,1H3/b49-19+/t12-,13-,14-,15-,16-,17-,18-,20-,21-,22-,23-,24-,25-,26-,27-,28-,29-,30-,31-,32-,33-,34-,35-,36-,37-,38-,39-,40-,41-,42-,43-,44-,45-,46-,47-/m1/s1. The van der Waals surface area contributed by atoms with Crippen molar-refractivity contribution in [3.8, 4) is 0 Å². The van der Waals surface area contributed by atoms with Crippen LogP contribution in [0.1, 0.15) is 12.8 Å². The molecular weight excluding hydrogens is 1210 g/mol. The van der Waals surface area contributed by atoms with Crippen molar-refractivity contribution in [3.63, 3.8) is 0 Å². The smallest absolute Gasteiger partial charge is 0.321 e. The molecular formula is C47H79N3O36S. The van der Waals surface area contributed by atoms with E-state index in [4.69, 9.17) is 66.3 Å². The Labute approximate surface area is 493 Å². The number of hydrogen-bond donors (Lipinski definition) is 21. The van der Waals surface area contributed by atoms with E-state index < -0.39 is 271 Å². The summed E-state index contributed by atoms with van der Waals surface area (Å²) in [6.45, 7) is -6.95. The molecule has 0 radical (unpaired) electrons. The van der Waals surface area contributed by atoms with Crippen LogP contribution in [0.5, 0.6) is 0 Å². The highest BCUT2D eigenvalue weighted by molar-refractivity contribution is 7.88. The van der Waals surface area contributed by atoms with E-state index in [0.29, 0.717) is 13.0 Å². The molecule has 0 amide bonds. The van der Waals surface area contributed by atoms with Crippen molar-refractivity contribution < 1.29 is 177 Å². The normalized spacial score (nSPS) is 52.0. The highest BCUT2D eigenvalue weighted by Gasteiger charge is 2.60. The maximum atomic E-state index is 13.4. The lowest BCUT2D eigenvalue weighted by molar-refractivity contribution is -0.396. The van der Waals surface area contributed by atoms with Crippen LogP contribution in [-0.2, 0) is 76.5 Å². The number of ether oxygens (including phenoxy) is 14. The van der Waals surface area contributed by atoms with Gasteiger partial charge in [0.2, 0.25) is 0 Å². The lowest BCUT2D eigenvalue weighted by Crippen LogP contribution is -2.68. The number of aliphatic hydroxyl groups is 20. The summed E-state index contributed by atoms with van der Waals surface area (Å²) < 4.78 is 113. The minimum Gasteiger partial charge on any atom is -0.394 e. The zero-order valence-corrected chi connectivity index (χ0v) is 46.9. The van der Waals surface area contributed by atoms with E-state index in [1.165, 1.54) is 0 Å². The summed E-state index contributed by atoms with van der Waals surface area (Å²) >= 11 is 0. The maximum Gasteiger partial charge on any atom is 0.321 e. The molecule has 87 heavy (non-hydrogen) atoms. The van der Waals surface area contributed by atoms with Gasteiger partial charge in [0.05, 0.1) is 39.6 Å². The number of nitrogens with zero attached hydrogens (tertiary/aromatic N) is 2. The molecule has 0 aromatic heterocycles. The number of aliphatic hydroxyl groups excluding tert-OH is 20. The molecule has 0 spiro atoms. The van der Waals surface area contributed by atoms with Crippen molar-refractivity contribution in [2.24, 2.45) is 4.40 Å². The fourth-order valence-electron chi connectivity index (χ4n) is 11.7. The quantitative estimate of drug-likeness (QED) is 0.0966. The van der Waals surface area contributed by atoms with Gasteiger partial charge in [0.15, 0.2) is 44.0 Å². The van der Waals surface area contributed by atoms with Crippen LogP contribution < -0.4 is 4.72 Å². The van der Waals surface area contributed by atoms with Gasteiger partial charge in [-0.15, -0.1) is 4.40 Å². The van der Waals surface area contributed by atoms with Crippen molar-refractivity contribution in [2.75, 3.05) is 59.8 Å². The van der Waals surface area contributed by atoms with Gasteiger partial charge in [-0.05, 0) is 6.42 Å². The van der Waals surface area contributed by atoms with Crippen LogP contribution in [0.3, 0.4) is 0 Å². The van der Waals surface area contributed by atoms with Gasteiger partial charge in [-0.1, -0.05) is 0 Å². The summed E-state index contributed by atoms with van der Waals surface area (Å²) in [6.07, 6.45) is -71.7. The predicted molar refractivity (Wildman–Crippen MR) is 268 cm³/mol. The van der Waals surface area contributed by atoms with Gasteiger partial charge < -0.3 is 173 Å². The van der Waals surface area contributed by atoms with Crippen LogP contribution in [0.4, 0.5) is 0 Å². The topological polar surface area (TPSA) is 596 Å². The molecule has 22 aliphatic heterocycles. The molecule has 35 atom stereocenters. The van der Waals surface area contributed by atoms with Gasteiger partial charge in [-0.2, -0.15) is 13.1 Å². The Hall–Kier alpha value is -1.98. The molecule has 0 saturated carbocycles. The Balaban J connectivity index is 1.02. The largest absolute Gasteiger partial charge is 0.394 e. The lowest BCUT2D eigenvalue weighted by atomic mass is 9.95. The van der Waals surface area contributed by atoms with Crippen molar-refractivity contribution in [2.45, 2.75) is 228 Å². The summed E-state index contributed by atoms with van der Waals surface area (Å²) in [5, 5.41) is 223. The molecule has 504 valence electrons. The number of hydrogen-bond acceptors (Lipinski definition) is 36. The van der Waals surface area contributed by atoms with Crippen molar-refractivity contribution in [1.29, 1.82) is 0 Å². The van der Waals surface area contributed by atoms with E-state index in [-0.39, 0.29) is 12.3 Å². The van der Waals surface area contributed by atoms with Gasteiger partial charge in [-0.25, -0.2) is 0 Å². The molecule has 0 aliphatic carbocycles. The van der Waals surface area contributed by atoms with E-state index in [9.17, 15) is 111 Å². The monoisotopic (exact) mass is 1290 g/mol. The summed E-state index contributed by atoms with van der Waals surface area (Å²) in [7, 11) is -3.05. The highest BCUT2D eigenvalue weighted by atomic mass is 32.2. The molecule has 22 rings (SSSR count). The average molecular weight is 1290 g/mol. The first-order valence-corrected chi connectivity index (χ1v) is 29.4. The number of rotatable bonds is 10. The first-order chi connectivity index (χ1) is 41.3. The Kier molecular flexibility index (Phi) is 23.2. The third-order valence-corrected chi connectivity index (χ3v) is 17.6. The van der Waals surface area contributed by atoms with Crippen LogP contribution >= 0.6 is 0 Å². The lowest BCUT2D eigenvalue weighted by Gasteiger charge is -2.50. The minimum absolute atomic E-state index is 0.161. The fourth-order valence-corrected chi connectivity index (χ4v) is 12.6. The molecule has 0 unspecified atom stereocenters. The molecule has 0 aromatic carbocycles. The summed E-state index contributed by atoms with van der Waals surface area (Å²) in [5.74, 6) is 0.161. The first-order valence-electron chi connectivity index (χ1n) is 27.9. The van der Waals surface area contributed by atoms with Crippen LogP contribution in [0.2, 0.25) is 0 Å². The molecule has 22 heterocycles. The molecule has 22 fully saturated rings. The molecule has 40 heteroatoms. The second-order valence-corrected chi connectivity index (χ2v) is 23.7. The van der Waals surface area contributed by atoms with Crippen LogP contribution in [-0.4, -0.2) is 396 Å². The Morgan fingerprint density at radius 1 is 0.356 bits per heavy atom. The predicted octanol–water partition coefficient (Wildman–Crippen LogP) is -15.3. The Morgan fingerprint density at radius 2 is 0.563 bits per heavy atom. The average Bonchev–Trinajstić information content (AvgIpc) is 1.52. The molecule has 14 bridgehead atoms. The number of likely N-dealkylation sites (tertiary alicyclic amines) is 1. The van der Waals surface area contributed by atoms with Gasteiger partial charge in [0.25, 0.3) is 0 Å². The van der Waals surface area contributed by atoms with Crippen LogP contribution in [0, 0.1) is 0 Å². The summed E-state index contributed by atoms with van der Waals surface area (Å²) in [6, 6.07) is 0. The Bertz CT molecular complexity index is 2330. The first kappa shape index (κ1) is 69.4. The number of amidine groups is 1. The van der Waals surface area contributed by atoms with Crippen molar-refractivity contribution in [3.05, 3.63) is 0 Å². The third-order valence-electron chi connectivity index (χ3n) is 16.6. The van der Waals surface area contributed by atoms with E-state index >= 15 is 0 Å². The Morgan fingerprint density at radius 3 is 0.759 bits per heavy atom. The maximum absolute atomic E-state index is 13.4. The van der Waals surface area contributed by atoms with Crippen LogP contribution in [0.15, 0.2) is 4.40 Å². The van der Waals surface area contributed by atoms with Gasteiger partial charge in [0, 0.05) is 26.6 Å². The second kappa shape index (κ2) is 29.1. The number of nitrogens with one attached hydrogen (secondary N) is 1. The summed E-state index contributed by atoms with van der Waals surface area (Å²) in [4.78, 5) is 1.57. The van der Waals surface area contributed by atoms with Crippen molar-refractivity contribution >= 4 is 16.0 Å². The molecule has 0 aromatic rings. The van der Waals surface area contributed by atoms with Crippen LogP contribution in [0.25, 0.3) is 0 Å². The second-order valence-electron chi connectivity index (χ2n) is 22.3. The van der Waals surface area contributed by atoms with E-state index in [0.717, 1.165) is 0 Å². The molecule has 22 aliphatic rings.